The molecule has 1 saturated heterocycles. The molecule has 3 heterocycles. The third-order valence-electron chi connectivity index (χ3n) is 6.92. The Hall–Kier alpha value is -3.00. The summed E-state index contributed by atoms with van der Waals surface area (Å²) in [7, 11) is -1.02. The number of aliphatic imine (C=N–C) groups is 1. The van der Waals surface area contributed by atoms with Gasteiger partial charge in [-0.2, -0.15) is 5.10 Å². The Bertz CT molecular complexity index is 1610. The van der Waals surface area contributed by atoms with E-state index in [2.05, 4.69) is 4.67 Å². The first kappa shape index (κ1) is 26.2. The topological polar surface area (TPSA) is 58.3 Å². The largest absolute Gasteiger partial charge is 0.379 e. The first-order chi connectivity index (χ1) is 18.9. The first-order valence-electron chi connectivity index (χ1n) is 12.5. The highest BCUT2D eigenvalue weighted by molar-refractivity contribution is 7.70. The minimum absolute atomic E-state index is 0.370. The van der Waals surface area contributed by atoms with Gasteiger partial charge in [0.2, 0.25) is 0 Å². The molecule has 0 bridgehead atoms. The lowest BCUT2D eigenvalue weighted by molar-refractivity contribution is 0.0732. The number of hydrogen-bond donors (Lipinski definition) is 0. The summed E-state index contributed by atoms with van der Waals surface area (Å²) in [6, 6.07) is 21.8. The molecule has 11 heteroatoms. The van der Waals surface area contributed by atoms with Crippen LogP contribution in [-0.4, -0.2) is 58.3 Å². The number of rotatable bonds is 4. The Labute approximate surface area is 236 Å². The highest BCUT2D eigenvalue weighted by Gasteiger charge is 2.46. The minimum Gasteiger partial charge on any atom is -0.379 e. The molecule has 7 nitrogen and oxygen atoms in total. The molecule has 1 aromatic heterocycles. The van der Waals surface area contributed by atoms with Gasteiger partial charge in [-0.25, -0.2) is 23.5 Å². The molecule has 39 heavy (non-hydrogen) atoms. The zero-order valence-corrected chi connectivity index (χ0v) is 23.8. The van der Waals surface area contributed by atoms with Crippen LogP contribution in [0.4, 0.5) is 15.9 Å². The predicted octanol–water partition coefficient (Wildman–Crippen LogP) is 6.97. The molecule has 1 fully saturated rings. The number of halogens is 3. The average Bonchev–Trinajstić information content (AvgIpc) is 3.29. The van der Waals surface area contributed by atoms with Crippen LogP contribution in [0.3, 0.4) is 0 Å². The van der Waals surface area contributed by atoms with Gasteiger partial charge in [0, 0.05) is 20.1 Å². The van der Waals surface area contributed by atoms with E-state index in [1.54, 1.807) is 36.4 Å². The summed E-state index contributed by atoms with van der Waals surface area (Å²) in [5.41, 5.74) is 2.49. The van der Waals surface area contributed by atoms with Crippen LogP contribution in [0.15, 0.2) is 82.5 Å². The fraction of sp³-hybridized carbons (Fsp3) is 0.214. The summed E-state index contributed by atoms with van der Waals surface area (Å²) in [6.45, 7) is 4.27. The van der Waals surface area contributed by atoms with Crippen LogP contribution in [0.2, 0.25) is 10.0 Å². The number of nitrogens with zero attached hydrogens (tertiary/aromatic N) is 6. The van der Waals surface area contributed by atoms with Crippen molar-refractivity contribution in [3.05, 3.63) is 99.9 Å². The number of amidine groups is 1. The molecule has 0 amide bonds. The molecule has 6 rings (SSSR count). The Kier molecular flexibility index (Phi) is 7.08. The van der Waals surface area contributed by atoms with E-state index in [-0.39, 0.29) is 5.82 Å². The van der Waals surface area contributed by atoms with Gasteiger partial charge in [0.15, 0.2) is 13.2 Å². The van der Waals surface area contributed by atoms with Crippen LogP contribution in [0.1, 0.15) is 11.3 Å². The molecule has 0 unspecified atom stereocenters. The van der Waals surface area contributed by atoms with Crippen LogP contribution >= 0.6 is 30.6 Å². The van der Waals surface area contributed by atoms with E-state index in [0.717, 1.165) is 16.7 Å². The molecule has 0 saturated carbocycles. The monoisotopic (exact) mass is 582 g/mol. The summed E-state index contributed by atoms with van der Waals surface area (Å²) < 4.78 is 32.7. The molecule has 0 spiro atoms. The van der Waals surface area contributed by atoms with E-state index >= 15 is 4.39 Å². The normalized spacial score (nSPS) is 19.5. The molecule has 2 aliphatic rings. The molecule has 0 N–H and O–H groups in total. The summed E-state index contributed by atoms with van der Waals surface area (Å²) in [6.07, 6.45) is 0. The summed E-state index contributed by atoms with van der Waals surface area (Å²) in [5, 5.41) is 6.71. The standard InChI is InChI=1S/C28H26Cl2FN6OP/c1-19-26-28(37(33-19)20-9-4-3-5-10-20)32-27(21-11-6-7-14-24(21)31)35(2)39(26,36-15-17-38-18-16-36)34-25-22(29)12-8-13-23(25)30/h3-14H,15-18H2,1-2H3/t39-/m0/s1. The summed E-state index contributed by atoms with van der Waals surface area (Å²) in [4.78, 5) is 5.08. The fourth-order valence-electron chi connectivity index (χ4n) is 5.11. The second-order valence-corrected chi connectivity index (χ2v) is 13.0. The van der Waals surface area contributed by atoms with E-state index in [1.807, 2.05) is 53.7 Å². The molecule has 3 aromatic carbocycles. The van der Waals surface area contributed by atoms with Gasteiger partial charge in [0.05, 0.1) is 45.5 Å². The highest BCUT2D eigenvalue weighted by Crippen LogP contribution is 2.63. The quantitative estimate of drug-likeness (QED) is 0.244. The number of aromatic nitrogens is 2. The van der Waals surface area contributed by atoms with Gasteiger partial charge in [-0.3, -0.25) is 0 Å². The number of morpholine rings is 1. The molecule has 4 aromatic rings. The number of fused-ring (bicyclic) bond motifs is 1. The Morgan fingerprint density at radius 3 is 2.28 bits per heavy atom. The summed E-state index contributed by atoms with van der Waals surface area (Å²) in [5.74, 6) is 0.705. The van der Waals surface area contributed by atoms with E-state index in [1.165, 1.54) is 6.07 Å². The van der Waals surface area contributed by atoms with Crippen molar-refractivity contribution >= 4 is 53.2 Å². The maximum Gasteiger partial charge on any atom is 0.170 e. The second-order valence-electron chi connectivity index (χ2n) is 9.25. The molecule has 1 atom stereocenters. The van der Waals surface area contributed by atoms with E-state index in [0.29, 0.717) is 59.3 Å². The van der Waals surface area contributed by atoms with Gasteiger partial charge in [-0.15, -0.1) is 0 Å². The Balaban J connectivity index is 1.75. The highest BCUT2D eigenvalue weighted by atomic mass is 35.5. The third kappa shape index (κ3) is 4.41. The van der Waals surface area contributed by atoms with Gasteiger partial charge in [-0.05, 0) is 43.3 Å². The predicted molar refractivity (Wildman–Crippen MR) is 156 cm³/mol. The van der Waals surface area contributed by atoms with Crippen molar-refractivity contribution in [3.63, 3.8) is 0 Å². The zero-order chi connectivity index (χ0) is 27.1. The lowest BCUT2D eigenvalue weighted by Gasteiger charge is -2.46. The van der Waals surface area contributed by atoms with Crippen molar-refractivity contribution in [2.24, 2.45) is 9.74 Å². The van der Waals surface area contributed by atoms with Gasteiger partial charge < -0.3 is 9.41 Å². The number of benzene rings is 3. The van der Waals surface area contributed by atoms with Crippen molar-refractivity contribution in [1.29, 1.82) is 0 Å². The molecule has 2 aliphatic heterocycles. The fourth-order valence-corrected chi connectivity index (χ4v) is 9.55. The SMILES string of the molecule is Cc1nn(-c2ccccc2)c2c1[P@@](=Nc1c(Cl)cccc1Cl)(N1CCOCC1)N(C)C(c1ccccc1F)=N2. The van der Waals surface area contributed by atoms with Crippen molar-refractivity contribution in [1.82, 2.24) is 19.1 Å². The van der Waals surface area contributed by atoms with Gasteiger partial charge in [0.1, 0.15) is 17.3 Å². The van der Waals surface area contributed by atoms with Crippen molar-refractivity contribution < 1.29 is 9.13 Å². The van der Waals surface area contributed by atoms with Gasteiger partial charge >= 0.3 is 0 Å². The van der Waals surface area contributed by atoms with Crippen molar-refractivity contribution in [2.45, 2.75) is 6.92 Å². The zero-order valence-electron chi connectivity index (χ0n) is 21.4. The molecule has 200 valence electrons. The van der Waals surface area contributed by atoms with Crippen LogP contribution < -0.4 is 5.30 Å². The van der Waals surface area contributed by atoms with Gasteiger partial charge in [-0.1, -0.05) is 59.6 Å². The number of para-hydroxylation sites is 1. The number of aryl methyl sites for hydroxylation is 1. The lowest BCUT2D eigenvalue weighted by atomic mass is 10.2. The average molecular weight is 583 g/mol. The molecular formula is C28H26Cl2FN6OP. The third-order valence-corrected chi connectivity index (χ3v) is 11.3. The van der Waals surface area contributed by atoms with Crippen molar-refractivity contribution in [3.8, 4) is 5.69 Å². The first-order valence-corrected chi connectivity index (χ1v) is 14.9. The van der Waals surface area contributed by atoms with Gasteiger partial charge in [0.25, 0.3) is 0 Å². The second kappa shape index (κ2) is 10.5. The Morgan fingerprint density at radius 2 is 1.59 bits per heavy atom. The molecular weight excluding hydrogens is 557 g/mol. The lowest BCUT2D eigenvalue weighted by Crippen LogP contribution is -2.45. The minimum atomic E-state index is -2.94. The Morgan fingerprint density at radius 1 is 0.923 bits per heavy atom. The molecule has 0 radical (unpaired) electrons. The maximum absolute atomic E-state index is 15.4. The number of ether oxygens (including phenoxy) is 1. The van der Waals surface area contributed by atoms with Crippen LogP contribution in [0.25, 0.3) is 5.69 Å². The van der Waals surface area contributed by atoms with E-state index < -0.39 is 7.36 Å². The summed E-state index contributed by atoms with van der Waals surface area (Å²) >= 11 is 13.4. The maximum atomic E-state index is 15.4. The van der Waals surface area contributed by atoms with Crippen molar-refractivity contribution in [2.75, 3.05) is 33.4 Å². The van der Waals surface area contributed by atoms with E-state index in [9.17, 15) is 0 Å². The van der Waals surface area contributed by atoms with Crippen LogP contribution in [-0.2, 0) is 4.74 Å². The molecule has 0 aliphatic carbocycles. The van der Waals surface area contributed by atoms with E-state index in [4.69, 9.17) is 42.8 Å². The number of hydrogen-bond acceptors (Lipinski definition) is 4. The van der Waals surface area contributed by atoms with Crippen LogP contribution in [0.5, 0.6) is 0 Å². The van der Waals surface area contributed by atoms with Crippen LogP contribution in [0, 0.1) is 12.7 Å². The smallest absolute Gasteiger partial charge is 0.170 e.